The van der Waals surface area contributed by atoms with Gasteiger partial charge in [0.05, 0.1) is 9.83 Å². The maximum Gasteiger partial charge on any atom is 0.269 e. The van der Waals surface area contributed by atoms with Crippen LogP contribution in [0.2, 0.25) is 0 Å². The van der Waals surface area contributed by atoms with E-state index in [1.165, 1.54) is 23.9 Å². The van der Waals surface area contributed by atoms with Crippen LogP contribution in [0.15, 0.2) is 40.2 Å². The van der Waals surface area contributed by atoms with Gasteiger partial charge < -0.3 is 4.57 Å². The van der Waals surface area contributed by atoms with Crippen molar-refractivity contribution in [2.24, 2.45) is 4.99 Å². The number of nitro benzene ring substituents is 1. The number of carbonyl (C=O) groups excluding carboxylic acids is 1. The van der Waals surface area contributed by atoms with Gasteiger partial charge in [-0.05, 0) is 83.1 Å². The van der Waals surface area contributed by atoms with E-state index in [1.54, 1.807) is 17.0 Å². The largest absolute Gasteiger partial charge is 0.318 e. The molecule has 1 saturated heterocycles. The molecule has 1 aromatic carbocycles. The molecule has 3 rings (SSSR count). The maximum atomic E-state index is 13.0. The lowest BCUT2D eigenvalue weighted by Gasteiger charge is -2.20. The molecule has 1 fully saturated rings. The first-order valence-corrected chi connectivity index (χ1v) is 10.7. The van der Waals surface area contributed by atoms with Gasteiger partial charge in [0.1, 0.15) is 0 Å². The van der Waals surface area contributed by atoms with Gasteiger partial charge in [-0.2, -0.15) is 0 Å². The van der Waals surface area contributed by atoms with Gasteiger partial charge in [-0.25, -0.2) is 0 Å². The van der Waals surface area contributed by atoms with Crippen LogP contribution in [0.4, 0.5) is 5.69 Å². The molecule has 8 heteroatoms. The summed E-state index contributed by atoms with van der Waals surface area (Å²) in [5, 5.41) is 11.7. The number of hydrogen-bond donors (Lipinski definition) is 0. The van der Waals surface area contributed by atoms with E-state index < -0.39 is 4.92 Å². The zero-order valence-corrected chi connectivity index (χ0v) is 18.9. The number of nitro groups is 1. The molecule has 1 aliphatic heterocycles. The fourth-order valence-electron chi connectivity index (χ4n) is 3.45. The molecule has 158 valence electrons. The Morgan fingerprint density at radius 1 is 1.13 bits per heavy atom. The van der Waals surface area contributed by atoms with Crippen LogP contribution < -0.4 is 0 Å². The molecule has 0 aliphatic carbocycles. The lowest BCUT2D eigenvalue weighted by atomic mass is 10.2. The second kappa shape index (κ2) is 8.47. The van der Waals surface area contributed by atoms with Gasteiger partial charge in [0, 0.05) is 41.3 Å². The van der Waals surface area contributed by atoms with Crippen LogP contribution in [0.25, 0.3) is 11.8 Å². The Labute approximate surface area is 180 Å². The average molecular weight is 427 g/mol. The highest BCUT2D eigenvalue weighted by molar-refractivity contribution is 8.18. The molecule has 7 nitrogen and oxygen atoms in total. The van der Waals surface area contributed by atoms with Crippen molar-refractivity contribution in [3.05, 3.63) is 62.3 Å². The number of rotatable bonds is 5. The second-order valence-corrected chi connectivity index (χ2v) is 8.83. The summed E-state index contributed by atoms with van der Waals surface area (Å²) in [5.74, 6) is -0.0328. The van der Waals surface area contributed by atoms with Gasteiger partial charge >= 0.3 is 0 Å². The van der Waals surface area contributed by atoms with Crippen LogP contribution in [-0.2, 0) is 4.79 Å². The van der Waals surface area contributed by atoms with Crippen molar-refractivity contribution in [3.8, 4) is 5.69 Å². The molecule has 0 atom stereocenters. The first kappa shape index (κ1) is 21.8. The lowest BCUT2D eigenvalue weighted by molar-refractivity contribution is -0.384. The normalized spacial score (nSPS) is 17.2. The smallest absolute Gasteiger partial charge is 0.269 e. The maximum absolute atomic E-state index is 13.0. The van der Waals surface area contributed by atoms with E-state index in [0.29, 0.717) is 4.91 Å². The molecule has 30 heavy (non-hydrogen) atoms. The summed E-state index contributed by atoms with van der Waals surface area (Å²) >= 11 is 1.41. The van der Waals surface area contributed by atoms with Crippen LogP contribution in [0, 0.1) is 24.0 Å². The van der Waals surface area contributed by atoms with Crippen LogP contribution in [0.3, 0.4) is 0 Å². The third kappa shape index (κ3) is 4.18. The lowest BCUT2D eigenvalue weighted by Crippen LogP contribution is -2.35. The van der Waals surface area contributed by atoms with Gasteiger partial charge in [-0.1, -0.05) is 0 Å². The summed E-state index contributed by atoms with van der Waals surface area (Å²) in [4.78, 5) is 30.5. The van der Waals surface area contributed by atoms with E-state index >= 15 is 0 Å². The van der Waals surface area contributed by atoms with Crippen molar-refractivity contribution in [3.63, 3.8) is 0 Å². The predicted molar refractivity (Wildman–Crippen MR) is 122 cm³/mol. The van der Waals surface area contributed by atoms with Gasteiger partial charge in [-0.15, -0.1) is 0 Å². The third-order valence-corrected chi connectivity index (χ3v) is 5.79. The first-order valence-electron chi connectivity index (χ1n) is 9.84. The van der Waals surface area contributed by atoms with E-state index in [9.17, 15) is 14.9 Å². The summed E-state index contributed by atoms with van der Waals surface area (Å²) in [5.41, 5.74) is 3.79. The monoisotopic (exact) mass is 426 g/mol. The van der Waals surface area contributed by atoms with Crippen molar-refractivity contribution in [2.75, 3.05) is 0 Å². The molecule has 0 radical (unpaired) electrons. The Morgan fingerprint density at radius 3 is 2.30 bits per heavy atom. The predicted octanol–water partition coefficient (Wildman–Crippen LogP) is 5.09. The highest BCUT2D eigenvalue weighted by Crippen LogP contribution is 2.35. The number of aryl methyl sites for hydroxylation is 1. The van der Waals surface area contributed by atoms with Gasteiger partial charge in [0.25, 0.3) is 11.6 Å². The summed E-state index contributed by atoms with van der Waals surface area (Å²) in [6.07, 6.45) is 1.91. The fourth-order valence-corrected chi connectivity index (χ4v) is 4.67. The van der Waals surface area contributed by atoms with Crippen molar-refractivity contribution >= 4 is 34.6 Å². The second-order valence-electron chi connectivity index (χ2n) is 7.82. The van der Waals surface area contributed by atoms with E-state index in [1.807, 2.05) is 58.3 Å². The minimum absolute atomic E-state index is 0.0286. The number of thioether (sulfide) groups is 1. The minimum atomic E-state index is -0.408. The Hall–Kier alpha value is -2.87. The number of hydrogen-bond acceptors (Lipinski definition) is 5. The molecule has 2 aromatic rings. The standard InChI is InChI=1S/C22H26N4O3S/c1-13(2)23-22-24(14(3)4)21(27)20(30-22)12-17-11-15(5)25(16(17)6)18-7-9-19(10-8-18)26(28)29/h7-14H,1-6H3/b20-12-,23-22?. The van der Waals surface area contributed by atoms with Gasteiger partial charge in [0.2, 0.25) is 0 Å². The average Bonchev–Trinajstić information content (AvgIpc) is 3.10. The highest BCUT2D eigenvalue weighted by Gasteiger charge is 2.35. The number of aromatic nitrogens is 1. The van der Waals surface area contributed by atoms with Crippen molar-refractivity contribution in [2.45, 2.75) is 53.6 Å². The molecule has 1 amide bonds. The quantitative estimate of drug-likeness (QED) is 0.379. The van der Waals surface area contributed by atoms with Crippen LogP contribution in [0.5, 0.6) is 0 Å². The number of benzene rings is 1. The summed E-state index contributed by atoms with van der Waals surface area (Å²) in [6, 6.07) is 8.62. The highest BCUT2D eigenvalue weighted by atomic mass is 32.2. The molecule has 2 heterocycles. The van der Waals surface area contributed by atoms with E-state index in [4.69, 9.17) is 0 Å². The number of amides is 1. The molecular weight excluding hydrogens is 400 g/mol. The van der Waals surface area contributed by atoms with Crippen molar-refractivity contribution < 1.29 is 9.72 Å². The van der Waals surface area contributed by atoms with Gasteiger partial charge in [0.15, 0.2) is 5.17 Å². The third-order valence-electron chi connectivity index (χ3n) is 4.80. The topological polar surface area (TPSA) is 80.7 Å². The van der Waals surface area contributed by atoms with Crippen molar-refractivity contribution in [1.82, 2.24) is 9.47 Å². The van der Waals surface area contributed by atoms with Crippen LogP contribution in [-0.4, -0.2) is 37.5 Å². The van der Waals surface area contributed by atoms with Crippen LogP contribution in [0.1, 0.15) is 44.6 Å². The Bertz CT molecular complexity index is 1050. The summed E-state index contributed by atoms with van der Waals surface area (Å²) in [7, 11) is 0. The van der Waals surface area contributed by atoms with Crippen molar-refractivity contribution in [1.29, 1.82) is 0 Å². The fraction of sp³-hybridized carbons (Fsp3) is 0.364. The minimum Gasteiger partial charge on any atom is -0.318 e. The van der Waals surface area contributed by atoms with E-state index in [0.717, 1.165) is 27.8 Å². The van der Waals surface area contributed by atoms with Gasteiger partial charge in [-0.3, -0.25) is 24.8 Å². The van der Waals surface area contributed by atoms with E-state index in [-0.39, 0.29) is 23.7 Å². The zero-order valence-electron chi connectivity index (χ0n) is 18.0. The summed E-state index contributed by atoms with van der Waals surface area (Å²) < 4.78 is 2.03. The Kier molecular flexibility index (Phi) is 6.17. The van der Waals surface area contributed by atoms with Crippen LogP contribution >= 0.6 is 11.8 Å². The number of carbonyl (C=O) groups is 1. The number of aliphatic imine (C=N–C) groups is 1. The Morgan fingerprint density at radius 2 is 1.77 bits per heavy atom. The SMILES string of the molecule is Cc1cc(/C=C2\SC(=NC(C)C)N(C(C)C)C2=O)c(C)n1-c1ccc([N+](=O)[O-])cc1. The number of nitrogens with zero attached hydrogens (tertiary/aromatic N) is 4. The Balaban J connectivity index is 2.00. The zero-order chi connectivity index (χ0) is 22.2. The molecule has 1 aromatic heterocycles. The first-order chi connectivity index (χ1) is 14.1. The van der Waals surface area contributed by atoms with E-state index in [2.05, 4.69) is 4.99 Å². The molecule has 0 unspecified atom stereocenters. The molecule has 0 saturated carbocycles. The number of non-ortho nitro benzene ring substituents is 1. The number of amidine groups is 1. The molecule has 0 bridgehead atoms. The molecule has 0 spiro atoms. The molecular formula is C22H26N4O3S. The molecule has 1 aliphatic rings. The summed E-state index contributed by atoms with van der Waals surface area (Å²) in [6.45, 7) is 11.9. The molecule has 0 N–H and O–H groups in total.